The predicted molar refractivity (Wildman–Crippen MR) is 239 cm³/mol. The van der Waals surface area contributed by atoms with Gasteiger partial charge in [0.2, 0.25) is 0 Å². The largest absolute Gasteiger partial charge is 0.311 e. The first-order chi connectivity index (χ1) is 27.7. The first kappa shape index (κ1) is 32.0. The minimum atomic E-state index is 1.11. The van der Waals surface area contributed by atoms with Gasteiger partial charge in [-0.1, -0.05) is 140 Å². The maximum Gasteiger partial charge on any atom is 0.0547 e. The third kappa shape index (κ3) is 5.51. The van der Waals surface area contributed by atoms with Crippen LogP contribution in [-0.2, 0) is 0 Å². The van der Waals surface area contributed by atoms with Crippen molar-refractivity contribution in [3.05, 3.63) is 218 Å². The molecule has 0 N–H and O–H groups in total. The van der Waals surface area contributed by atoms with Crippen molar-refractivity contribution in [3.63, 3.8) is 0 Å². The molecule has 0 bridgehead atoms. The Morgan fingerprint density at radius 1 is 0.268 bits per heavy atom. The molecule has 0 unspecified atom stereocenters. The number of para-hydroxylation sites is 1. The molecule has 1 heterocycles. The number of aromatic nitrogens is 1. The molecule has 0 amide bonds. The molecule has 0 fully saturated rings. The predicted octanol–water partition coefficient (Wildman–Crippen LogP) is 15.0. The summed E-state index contributed by atoms with van der Waals surface area (Å²) >= 11 is 0. The summed E-state index contributed by atoms with van der Waals surface area (Å²) < 4.78 is 2.44. The summed E-state index contributed by atoms with van der Waals surface area (Å²) in [6.07, 6.45) is 0. The van der Waals surface area contributed by atoms with Crippen LogP contribution in [0.2, 0.25) is 0 Å². The molecule has 10 aromatic carbocycles. The average molecular weight is 713 g/mol. The Labute approximate surface area is 325 Å². The highest BCUT2D eigenvalue weighted by atomic mass is 15.1. The molecule has 2 nitrogen and oxygen atoms in total. The third-order valence-electron chi connectivity index (χ3n) is 11.3. The fourth-order valence-corrected chi connectivity index (χ4v) is 8.49. The van der Waals surface area contributed by atoms with Crippen molar-refractivity contribution < 1.29 is 0 Å². The quantitative estimate of drug-likeness (QED) is 0.167. The smallest absolute Gasteiger partial charge is 0.0547 e. The van der Waals surface area contributed by atoms with Crippen molar-refractivity contribution in [3.8, 4) is 27.9 Å². The fraction of sp³-hybridized carbons (Fsp3) is 0. The molecule has 1 aromatic heterocycles. The van der Waals surface area contributed by atoms with Crippen LogP contribution in [-0.4, -0.2) is 4.57 Å². The molecule has 0 saturated heterocycles. The normalized spacial score (nSPS) is 11.6. The summed E-state index contributed by atoms with van der Waals surface area (Å²) in [6.45, 7) is 0. The van der Waals surface area contributed by atoms with Gasteiger partial charge in [0, 0.05) is 33.5 Å². The first-order valence-electron chi connectivity index (χ1n) is 19.2. The van der Waals surface area contributed by atoms with E-state index in [1.54, 1.807) is 0 Å². The van der Waals surface area contributed by atoms with Crippen molar-refractivity contribution >= 4 is 71.2 Å². The zero-order valence-electron chi connectivity index (χ0n) is 30.7. The molecule has 0 atom stereocenters. The molecule has 11 aromatic rings. The van der Waals surface area contributed by atoms with E-state index >= 15 is 0 Å². The Bertz CT molecular complexity index is 3140. The van der Waals surface area contributed by atoms with E-state index in [-0.39, 0.29) is 0 Å². The van der Waals surface area contributed by atoms with Gasteiger partial charge < -0.3 is 9.47 Å². The lowest BCUT2D eigenvalue weighted by Crippen LogP contribution is -2.09. The lowest BCUT2D eigenvalue weighted by atomic mass is 10.0. The van der Waals surface area contributed by atoms with Gasteiger partial charge in [0.25, 0.3) is 0 Å². The lowest BCUT2D eigenvalue weighted by Gasteiger charge is -2.26. The van der Waals surface area contributed by atoms with Crippen LogP contribution in [0, 0.1) is 0 Å². The summed E-state index contributed by atoms with van der Waals surface area (Å²) in [5.41, 5.74) is 11.7. The molecular formula is C54H36N2. The molecule has 11 rings (SSSR count). The zero-order chi connectivity index (χ0) is 37.0. The first-order valence-corrected chi connectivity index (χ1v) is 19.2. The second-order valence-corrected chi connectivity index (χ2v) is 14.6. The molecule has 56 heavy (non-hydrogen) atoms. The van der Waals surface area contributed by atoms with Crippen LogP contribution in [0.4, 0.5) is 17.1 Å². The van der Waals surface area contributed by atoms with E-state index in [0.717, 1.165) is 22.7 Å². The van der Waals surface area contributed by atoms with Gasteiger partial charge >= 0.3 is 0 Å². The van der Waals surface area contributed by atoms with Gasteiger partial charge in [0.05, 0.1) is 11.0 Å². The van der Waals surface area contributed by atoms with E-state index in [9.17, 15) is 0 Å². The van der Waals surface area contributed by atoms with Gasteiger partial charge in [-0.15, -0.1) is 0 Å². The van der Waals surface area contributed by atoms with Crippen molar-refractivity contribution in [2.24, 2.45) is 0 Å². The molecule has 0 radical (unpaired) electrons. The number of nitrogens with zero attached hydrogens (tertiary/aromatic N) is 2. The Morgan fingerprint density at radius 3 is 1.25 bits per heavy atom. The highest BCUT2D eigenvalue weighted by Gasteiger charge is 2.17. The minimum Gasteiger partial charge on any atom is -0.311 e. The van der Waals surface area contributed by atoms with Gasteiger partial charge in [-0.3, -0.25) is 0 Å². The molecule has 0 aliphatic heterocycles. The second kappa shape index (κ2) is 13.2. The van der Waals surface area contributed by atoms with Gasteiger partial charge in [0.1, 0.15) is 0 Å². The van der Waals surface area contributed by atoms with E-state index in [4.69, 9.17) is 0 Å². The molecule has 0 aliphatic rings. The second-order valence-electron chi connectivity index (χ2n) is 14.6. The molecule has 0 aliphatic carbocycles. The molecule has 0 saturated carbocycles. The SMILES string of the molecule is c1ccc(N(c2ccc(-c3cccc(-n4c5cc6ccccc6cc5c5cc6ccccc6cc54)c3)cc2)c2ccc(-c3ccc4ccccc4c3)cc2)cc1. The fourth-order valence-electron chi connectivity index (χ4n) is 8.49. The van der Waals surface area contributed by atoms with Crippen molar-refractivity contribution in [1.82, 2.24) is 4.57 Å². The number of hydrogen-bond donors (Lipinski definition) is 0. The number of anilines is 3. The Balaban J connectivity index is 0.980. The van der Waals surface area contributed by atoms with Crippen LogP contribution in [0.5, 0.6) is 0 Å². The zero-order valence-corrected chi connectivity index (χ0v) is 30.7. The van der Waals surface area contributed by atoms with Gasteiger partial charge in [0.15, 0.2) is 0 Å². The molecule has 2 heteroatoms. The highest BCUT2D eigenvalue weighted by molar-refractivity contribution is 6.16. The van der Waals surface area contributed by atoms with Crippen molar-refractivity contribution in [1.29, 1.82) is 0 Å². The summed E-state index contributed by atoms with van der Waals surface area (Å²) in [7, 11) is 0. The van der Waals surface area contributed by atoms with Crippen LogP contribution < -0.4 is 4.90 Å². The van der Waals surface area contributed by atoms with E-state index in [1.165, 1.54) is 76.4 Å². The van der Waals surface area contributed by atoms with Gasteiger partial charge in [-0.05, 0) is 133 Å². The van der Waals surface area contributed by atoms with E-state index in [1.807, 2.05) is 0 Å². The Hall–Kier alpha value is -7.42. The lowest BCUT2D eigenvalue weighted by molar-refractivity contribution is 1.18. The summed E-state index contributed by atoms with van der Waals surface area (Å²) in [5, 5.41) is 10.0. The van der Waals surface area contributed by atoms with Crippen LogP contribution in [0.25, 0.3) is 82.1 Å². The van der Waals surface area contributed by atoms with E-state index in [0.29, 0.717) is 0 Å². The van der Waals surface area contributed by atoms with Crippen LogP contribution in [0.15, 0.2) is 218 Å². The topological polar surface area (TPSA) is 8.17 Å². The van der Waals surface area contributed by atoms with E-state index < -0.39 is 0 Å². The van der Waals surface area contributed by atoms with Gasteiger partial charge in [-0.25, -0.2) is 0 Å². The molecule has 262 valence electrons. The minimum absolute atomic E-state index is 1.11. The average Bonchev–Trinajstić information content (AvgIpc) is 3.57. The van der Waals surface area contributed by atoms with Crippen LogP contribution >= 0.6 is 0 Å². The number of hydrogen-bond acceptors (Lipinski definition) is 1. The van der Waals surface area contributed by atoms with Crippen LogP contribution in [0.3, 0.4) is 0 Å². The maximum absolute atomic E-state index is 2.44. The van der Waals surface area contributed by atoms with Gasteiger partial charge in [-0.2, -0.15) is 0 Å². The third-order valence-corrected chi connectivity index (χ3v) is 11.3. The summed E-state index contributed by atoms with van der Waals surface area (Å²) in [5.74, 6) is 0. The molecular weight excluding hydrogens is 677 g/mol. The molecule has 0 spiro atoms. The van der Waals surface area contributed by atoms with E-state index in [2.05, 4.69) is 228 Å². The Kier molecular flexibility index (Phi) is 7.53. The number of benzene rings is 10. The van der Waals surface area contributed by atoms with Crippen molar-refractivity contribution in [2.75, 3.05) is 4.90 Å². The number of fused-ring (bicyclic) bond motifs is 6. The monoisotopic (exact) mass is 712 g/mol. The van der Waals surface area contributed by atoms with Crippen LogP contribution in [0.1, 0.15) is 0 Å². The summed E-state index contributed by atoms with van der Waals surface area (Å²) in [4.78, 5) is 2.33. The standard InChI is InChI=1S/C54H36N2/c1-2-18-47(19-3-1)55(49-29-25-39(26-30-49)46-22-21-37-11-4-5-12-40(37)31-46)48-27-23-38(24-28-48)41-17-10-20-50(32-41)56-53-35-44-15-8-6-13-42(44)33-51(53)52-34-43-14-7-9-16-45(43)36-54(52)56/h1-36H. The summed E-state index contributed by atoms with van der Waals surface area (Å²) in [6, 6.07) is 79.5. The van der Waals surface area contributed by atoms with Crippen molar-refractivity contribution in [2.45, 2.75) is 0 Å². The number of rotatable bonds is 6. The Morgan fingerprint density at radius 2 is 0.696 bits per heavy atom. The maximum atomic E-state index is 2.44. The highest BCUT2D eigenvalue weighted by Crippen LogP contribution is 2.40.